The molecule has 1 aromatic rings. The van der Waals surface area contributed by atoms with Crippen molar-refractivity contribution in [2.75, 3.05) is 39.3 Å². The van der Waals surface area contributed by atoms with Crippen LogP contribution in [0.3, 0.4) is 0 Å². The zero-order valence-corrected chi connectivity index (χ0v) is 15.5. The van der Waals surface area contributed by atoms with Crippen molar-refractivity contribution in [1.29, 1.82) is 0 Å². The fourth-order valence-corrected chi connectivity index (χ4v) is 4.23. The molecule has 24 heavy (non-hydrogen) atoms. The normalized spacial score (nSPS) is 28.3. The molecule has 2 saturated heterocycles. The number of nitrogens with one attached hydrogen (secondary N) is 1. The van der Waals surface area contributed by atoms with Crippen molar-refractivity contribution in [3.8, 4) is 0 Å². The Morgan fingerprint density at radius 2 is 2.25 bits per heavy atom. The Bertz CT molecular complexity index is 586. The van der Waals surface area contributed by atoms with Crippen LogP contribution in [0.15, 0.2) is 24.3 Å². The summed E-state index contributed by atoms with van der Waals surface area (Å²) in [6.45, 7) is 10.7. The molecule has 0 bridgehead atoms. The Morgan fingerprint density at radius 3 is 2.92 bits per heavy atom. The second-order valence-electron chi connectivity index (χ2n) is 7.72. The van der Waals surface area contributed by atoms with Gasteiger partial charge in [-0.25, -0.2) is 0 Å². The van der Waals surface area contributed by atoms with Gasteiger partial charge in [-0.3, -0.25) is 9.69 Å². The van der Waals surface area contributed by atoms with Crippen molar-refractivity contribution in [2.24, 2.45) is 5.41 Å². The Morgan fingerprint density at radius 1 is 1.42 bits per heavy atom. The van der Waals surface area contributed by atoms with Crippen molar-refractivity contribution in [3.63, 3.8) is 0 Å². The van der Waals surface area contributed by atoms with Crippen molar-refractivity contribution < 1.29 is 4.79 Å². The highest BCUT2D eigenvalue weighted by molar-refractivity contribution is 6.30. The van der Waals surface area contributed by atoms with Gasteiger partial charge >= 0.3 is 0 Å². The maximum atomic E-state index is 12.7. The molecule has 2 aliphatic heterocycles. The van der Waals surface area contributed by atoms with Crippen molar-refractivity contribution in [3.05, 3.63) is 34.9 Å². The van der Waals surface area contributed by atoms with E-state index < -0.39 is 0 Å². The van der Waals surface area contributed by atoms with E-state index in [-0.39, 0.29) is 11.9 Å². The Hall–Kier alpha value is -1.10. The molecule has 5 heteroatoms. The number of nitrogens with zero attached hydrogens (tertiary/aromatic N) is 2. The summed E-state index contributed by atoms with van der Waals surface area (Å²) in [7, 11) is 0. The van der Waals surface area contributed by atoms with E-state index in [1.54, 1.807) is 0 Å². The minimum absolute atomic E-state index is 0.207. The van der Waals surface area contributed by atoms with E-state index >= 15 is 0 Å². The number of hydrogen-bond acceptors (Lipinski definition) is 3. The molecule has 2 atom stereocenters. The first-order valence-corrected chi connectivity index (χ1v) is 9.30. The quantitative estimate of drug-likeness (QED) is 0.906. The highest BCUT2D eigenvalue weighted by Gasteiger charge is 2.34. The van der Waals surface area contributed by atoms with Gasteiger partial charge in [0.25, 0.3) is 0 Å². The van der Waals surface area contributed by atoms with E-state index in [2.05, 4.69) is 24.1 Å². The molecule has 3 rings (SSSR count). The largest absolute Gasteiger partial charge is 0.337 e. The maximum absolute atomic E-state index is 12.7. The summed E-state index contributed by atoms with van der Waals surface area (Å²) in [6.07, 6.45) is 1.68. The van der Waals surface area contributed by atoms with Crippen LogP contribution in [0, 0.1) is 5.41 Å². The van der Waals surface area contributed by atoms with Gasteiger partial charge in [-0.2, -0.15) is 0 Å². The SMILES string of the molecule is CC1CN(CC2(C)CCNC2)CCN1C(=O)Cc1cccc(Cl)c1. The average Bonchev–Trinajstić information content (AvgIpc) is 2.93. The van der Waals surface area contributed by atoms with Crippen molar-refractivity contribution in [2.45, 2.75) is 32.7 Å². The molecule has 2 unspecified atom stereocenters. The number of piperazine rings is 1. The van der Waals surface area contributed by atoms with Gasteiger partial charge in [0, 0.05) is 43.8 Å². The van der Waals surface area contributed by atoms with Crippen LogP contribution in [0.4, 0.5) is 0 Å². The van der Waals surface area contributed by atoms with E-state index in [0.29, 0.717) is 16.9 Å². The lowest BCUT2D eigenvalue weighted by Gasteiger charge is -2.42. The molecule has 0 aromatic heterocycles. The fraction of sp³-hybridized carbons (Fsp3) is 0.632. The molecule has 0 spiro atoms. The van der Waals surface area contributed by atoms with Gasteiger partial charge in [-0.05, 0) is 43.0 Å². The summed E-state index contributed by atoms with van der Waals surface area (Å²) in [5.41, 5.74) is 1.37. The van der Waals surface area contributed by atoms with Crippen LogP contribution in [0.1, 0.15) is 25.8 Å². The number of carbonyl (C=O) groups excluding carboxylic acids is 1. The van der Waals surface area contributed by atoms with Crippen LogP contribution < -0.4 is 5.32 Å². The minimum Gasteiger partial charge on any atom is -0.337 e. The Kier molecular flexibility index (Phi) is 5.48. The first kappa shape index (κ1) is 17.7. The zero-order valence-electron chi connectivity index (χ0n) is 14.7. The molecule has 0 saturated carbocycles. The van der Waals surface area contributed by atoms with E-state index in [1.165, 1.54) is 6.42 Å². The molecular weight excluding hydrogens is 322 g/mol. The number of rotatable bonds is 4. The Balaban J connectivity index is 1.54. The summed E-state index contributed by atoms with van der Waals surface area (Å²) in [5, 5.41) is 4.16. The second-order valence-corrected chi connectivity index (χ2v) is 8.15. The molecule has 1 N–H and O–H groups in total. The summed E-state index contributed by atoms with van der Waals surface area (Å²) in [6, 6.07) is 7.87. The van der Waals surface area contributed by atoms with Crippen molar-refractivity contribution in [1.82, 2.24) is 15.1 Å². The van der Waals surface area contributed by atoms with E-state index in [0.717, 1.165) is 44.8 Å². The summed E-state index contributed by atoms with van der Waals surface area (Å²) in [5.74, 6) is 0.207. The number of amides is 1. The highest BCUT2D eigenvalue weighted by atomic mass is 35.5. The molecular formula is C19H28ClN3O. The van der Waals surface area contributed by atoms with Crippen LogP contribution in [0.25, 0.3) is 0 Å². The number of carbonyl (C=O) groups is 1. The lowest BCUT2D eigenvalue weighted by molar-refractivity contribution is -0.135. The van der Waals surface area contributed by atoms with Crippen LogP contribution in [-0.2, 0) is 11.2 Å². The second kappa shape index (κ2) is 7.42. The standard InChI is InChI=1S/C19H28ClN3O/c1-15-12-22(14-19(2)6-7-21-13-19)8-9-23(15)18(24)11-16-4-3-5-17(20)10-16/h3-5,10,15,21H,6-9,11-14H2,1-2H3. The molecule has 2 aliphatic rings. The average molecular weight is 350 g/mol. The molecule has 4 nitrogen and oxygen atoms in total. The Labute approximate surface area is 150 Å². The van der Waals surface area contributed by atoms with Crippen LogP contribution >= 0.6 is 11.6 Å². The van der Waals surface area contributed by atoms with Gasteiger partial charge in [0.2, 0.25) is 5.91 Å². The monoisotopic (exact) mass is 349 g/mol. The van der Waals surface area contributed by atoms with Crippen molar-refractivity contribution >= 4 is 17.5 Å². The molecule has 2 fully saturated rings. The van der Waals surface area contributed by atoms with Gasteiger partial charge in [0.05, 0.1) is 6.42 Å². The van der Waals surface area contributed by atoms with E-state index in [9.17, 15) is 4.79 Å². The van der Waals surface area contributed by atoms with Gasteiger partial charge in [0.1, 0.15) is 0 Å². The highest BCUT2D eigenvalue weighted by Crippen LogP contribution is 2.27. The van der Waals surface area contributed by atoms with Gasteiger partial charge in [0.15, 0.2) is 0 Å². The lowest BCUT2D eigenvalue weighted by atomic mass is 9.88. The molecule has 2 heterocycles. The smallest absolute Gasteiger partial charge is 0.227 e. The van der Waals surface area contributed by atoms with Gasteiger partial charge < -0.3 is 10.2 Å². The molecule has 1 aromatic carbocycles. The third kappa shape index (κ3) is 4.29. The summed E-state index contributed by atoms with van der Waals surface area (Å²) in [4.78, 5) is 17.2. The fourth-order valence-electron chi connectivity index (χ4n) is 4.01. The number of hydrogen-bond donors (Lipinski definition) is 1. The predicted molar refractivity (Wildman–Crippen MR) is 98.4 cm³/mol. The third-order valence-corrected chi connectivity index (χ3v) is 5.57. The van der Waals surface area contributed by atoms with Gasteiger partial charge in [-0.1, -0.05) is 30.7 Å². The van der Waals surface area contributed by atoms with Crippen LogP contribution in [0.5, 0.6) is 0 Å². The number of halogens is 1. The molecule has 132 valence electrons. The van der Waals surface area contributed by atoms with E-state index in [1.807, 2.05) is 29.2 Å². The number of benzene rings is 1. The van der Waals surface area contributed by atoms with Crippen LogP contribution in [-0.4, -0.2) is 61.0 Å². The molecule has 1 amide bonds. The van der Waals surface area contributed by atoms with Gasteiger partial charge in [-0.15, -0.1) is 0 Å². The van der Waals surface area contributed by atoms with E-state index in [4.69, 9.17) is 11.6 Å². The molecule has 0 aliphatic carbocycles. The lowest BCUT2D eigenvalue weighted by Crippen LogP contribution is -2.56. The zero-order chi connectivity index (χ0) is 17.2. The topological polar surface area (TPSA) is 35.6 Å². The predicted octanol–water partition coefficient (Wildman–Crippen LogP) is 2.41. The molecule has 0 radical (unpaired) electrons. The summed E-state index contributed by atoms with van der Waals surface area (Å²) >= 11 is 6.02. The summed E-state index contributed by atoms with van der Waals surface area (Å²) < 4.78 is 0. The maximum Gasteiger partial charge on any atom is 0.227 e. The first-order chi connectivity index (χ1) is 11.5. The first-order valence-electron chi connectivity index (χ1n) is 8.92. The minimum atomic E-state index is 0.207. The third-order valence-electron chi connectivity index (χ3n) is 5.34. The van der Waals surface area contributed by atoms with Crippen LogP contribution in [0.2, 0.25) is 5.02 Å².